The molecule has 10 heteroatoms. The highest BCUT2D eigenvalue weighted by Crippen LogP contribution is 2.53. The Balaban J connectivity index is 1.38. The quantitative estimate of drug-likeness (QED) is 0.346. The number of benzene rings is 2. The fraction of sp³-hybridized carbons (Fsp3) is 0.556. The van der Waals surface area contributed by atoms with Crippen LogP contribution >= 0.6 is 0 Å². The minimum absolute atomic E-state index is 0.258. The lowest BCUT2D eigenvalue weighted by Crippen LogP contribution is -2.63. The van der Waals surface area contributed by atoms with E-state index in [1.54, 1.807) is 13.2 Å². The molecule has 2 atom stereocenters. The molecule has 2 saturated heterocycles. The van der Waals surface area contributed by atoms with Crippen LogP contribution < -0.4 is 9.46 Å². The highest BCUT2D eigenvalue weighted by molar-refractivity contribution is 7.89. The number of likely N-dealkylation sites (N-methyl/N-ethyl adjacent to an activating group) is 1. The molecule has 7 rings (SSSR count). The van der Waals surface area contributed by atoms with Gasteiger partial charge in [-0.2, -0.15) is 0 Å². The first kappa shape index (κ1) is 31.2. The van der Waals surface area contributed by atoms with Crippen molar-refractivity contribution >= 4 is 32.7 Å². The second-order valence-electron chi connectivity index (χ2n) is 14.3. The summed E-state index contributed by atoms with van der Waals surface area (Å²) in [5, 5.41) is 1.08. The number of rotatable bonds is 8. The maximum absolute atomic E-state index is 14.7. The number of hydrogen-bond donors (Lipinski definition) is 1. The number of fused-ring (bicyclic) bond motifs is 3. The Morgan fingerprint density at radius 2 is 1.61 bits per heavy atom. The number of aromatic nitrogens is 1. The summed E-state index contributed by atoms with van der Waals surface area (Å²) in [6, 6.07) is 14.2. The lowest BCUT2D eigenvalue weighted by molar-refractivity contribution is -0.149. The van der Waals surface area contributed by atoms with E-state index in [1.807, 2.05) is 24.3 Å². The summed E-state index contributed by atoms with van der Waals surface area (Å²) in [5.41, 5.74) is 4.10. The lowest BCUT2D eigenvalue weighted by atomic mass is 9.81. The highest BCUT2D eigenvalue weighted by Gasteiger charge is 2.55. The van der Waals surface area contributed by atoms with Gasteiger partial charge in [-0.15, -0.1) is 0 Å². The molecule has 2 saturated carbocycles. The standard InChI is InChI=1S/C36H46N4O5S/c1-38-21-27-10-7-11-28(22-38)40(27)35(42)36(18-19-36)23-39-31-20-26(34(41)37-46(3,43)44)14-17-30(31)32(24-8-5-4-6-9-24)33(39)25-12-15-29(45-2)16-13-25/h12-17,20,24,27-28H,4-11,18-19,21-23H2,1-3H3,(H,37,41). The Kier molecular flexibility index (Phi) is 8.16. The average Bonchev–Trinajstić information content (AvgIpc) is 3.75. The topological polar surface area (TPSA) is 101 Å². The van der Waals surface area contributed by atoms with Crippen LogP contribution in [0.5, 0.6) is 5.75 Å². The fourth-order valence-corrected chi connectivity index (χ4v) is 9.04. The van der Waals surface area contributed by atoms with Gasteiger partial charge in [0.1, 0.15) is 5.75 Å². The van der Waals surface area contributed by atoms with Crippen LogP contribution in [0.25, 0.3) is 22.2 Å². The van der Waals surface area contributed by atoms with Crippen LogP contribution in [0.3, 0.4) is 0 Å². The lowest BCUT2D eigenvalue weighted by Gasteiger charge is -2.50. The Bertz CT molecular complexity index is 1740. The maximum Gasteiger partial charge on any atom is 0.264 e. The number of methoxy groups -OCH3 is 1. The molecular weight excluding hydrogens is 600 g/mol. The zero-order chi connectivity index (χ0) is 32.2. The van der Waals surface area contributed by atoms with E-state index in [2.05, 4.69) is 38.3 Å². The molecule has 2 aromatic carbocycles. The molecule has 2 bridgehead atoms. The largest absolute Gasteiger partial charge is 0.497 e. The number of hydrogen-bond acceptors (Lipinski definition) is 6. The molecule has 4 fully saturated rings. The normalized spacial score (nSPS) is 23.3. The monoisotopic (exact) mass is 646 g/mol. The van der Waals surface area contributed by atoms with E-state index >= 15 is 0 Å². The second-order valence-corrected chi connectivity index (χ2v) is 16.0. The number of piperazine rings is 1. The number of nitrogens with zero attached hydrogens (tertiary/aromatic N) is 3. The van der Waals surface area contributed by atoms with Crippen molar-refractivity contribution in [1.29, 1.82) is 0 Å². The van der Waals surface area contributed by atoms with Crippen molar-refractivity contribution in [3.8, 4) is 17.0 Å². The van der Waals surface area contributed by atoms with Gasteiger partial charge in [-0.3, -0.25) is 9.59 Å². The first-order chi connectivity index (χ1) is 22.1. The molecule has 2 aliphatic carbocycles. The van der Waals surface area contributed by atoms with E-state index in [0.717, 1.165) is 85.8 Å². The van der Waals surface area contributed by atoms with E-state index in [0.29, 0.717) is 12.5 Å². The first-order valence-electron chi connectivity index (χ1n) is 16.9. The van der Waals surface area contributed by atoms with Crippen molar-refractivity contribution in [3.05, 3.63) is 53.6 Å². The predicted octanol–water partition coefficient (Wildman–Crippen LogP) is 5.53. The number of nitrogens with one attached hydrogen (secondary N) is 1. The van der Waals surface area contributed by atoms with Crippen molar-refractivity contribution in [2.75, 3.05) is 33.5 Å². The smallest absolute Gasteiger partial charge is 0.264 e. The molecule has 3 heterocycles. The van der Waals surface area contributed by atoms with Gasteiger partial charge in [0, 0.05) is 48.2 Å². The molecule has 1 aromatic heterocycles. The minimum atomic E-state index is -3.73. The molecule has 4 aliphatic rings. The Morgan fingerprint density at radius 1 is 0.935 bits per heavy atom. The van der Waals surface area contributed by atoms with Crippen LogP contribution in [-0.4, -0.2) is 80.2 Å². The number of piperidine rings is 1. The Hall–Kier alpha value is -3.37. The fourth-order valence-electron chi connectivity index (χ4n) is 8.59. The maximum atomic E-state index is 14.7. The van der Waals surface area contributed by atoms with Crippen molar-refractivity contribution in [2.45, 2.75) is 88.8 Å². The molecule has 9 nitrogen and oxygen atoms in total. The highest BCUT2D eigenvalue weighted by atomic mass is 32.2. The van der Waals surface area contributed by atoms with Gasteiger partial charge in [0.25, 0.3) is 5.91 Å². The van der Waals surface area contributed by atoms with E-state index in [1.165, 1.54) is 31.2 Å². The van der Waals surface area contributed by atoms with Crippen molar-refractivity contribution in [3.63, 3.8) is 0 Å². The summed E-state index contributed by atoms with van der Waals surface area (Å²) < 4.78 is 33.9. The number of sulfonamides is 1. The zero-order valence-electron chi connectivity index (χ0n) is 27.3. The van der Waals surface area contributed by atoms with Gasteiger partial charge < -0.3 is 19.1 Å². The molecule has 2 aliphatic heterocycles. The summed E-state index contributed by atoms with van der Waals surface area (Å²) >= 11 is 0. The molecule has 2 unspecified atom stereocenters. The van der Waals surface area contributed by atoms with Crippen LogP contribution in [0.1, 0.15) is 86.0 Å². The third kappa shape index (κ3) is 5.83. The molecule has 46 heavy (non-hydrogen) atoms. The van der Waals surface area contributed by atoms with Crippen LogP contribution in [-0.2, 0) is 21.4 Å². The van der Waals surface area contributed by atoms with Crippen molar-refractivity contribution < 1.29 is 22.7 Å². The molecule has 1 N–H and O–H groups in total. The summed E-state index contributed by atoms with van der Waals surface area (Å²) in [4.78, 5) is 32.4. The summed E-state index contributed by atoms with van der Waals surface area (Å²) in [5.74, 6) is 0.766. The van der Waals surface area contributed by atoms with Crippen LogP contribution in [0.15, 0.2) is 42.5 Å². The SMILES string of the molecule is COc1ccc(-c2c(C3CCCCC3)c3ccc(C(=O)NS(C)(=O)=O)cc3n2CC2(C(=O)N3C4CCCC3CN(C)C4)CC2)cc1. The van der Waals surface area contributed by atoms with E-state index in [-0.39, 0.29) is 23.6 Å². The van der Waals surface area contributed by atoms with Gasteiger partial charge in [0.2, 0.25) is 15.9 Å². The van der Waals surface area contributed by atoms with Gasteiger partial charge in [0.15, 0.2) is 0 Å². The number of carbonyl (C=O) groups excluding carboxylic acids is 2. The third-order valence-corrected chi connectivity index (χ3v) is 11.5. The number of likely N-dealkylation sites (tertiary alicyclic amines) is 1. The molecule has 3 aromatic rings. The van der Waals surface area contributed by atoms with E-state index in [4.69, 9.17) is 4.74 Å². The van der Waals surface area contributed by atoms with Gasteiger partial charge >= 0.3 is 0 Å². The average molecular weight is 647 g/mol. The third-order valence-electron chi connectivity index (χ3n) is 10.9. The van der Waals surface area contributed by atoms with Crippen LogP contribution in [0, 0.1) is 5.41 Å². The van der Waals surface area contributed by atoms with Gasteiger partial charge in [-0.25, -0.2) is 13.1 Å². The molecule has 2 amide bonds. The minimum Gasteiger partial charge on any atom is -0.497 e. The number of ether oxygens (including phenoxy) is 1. The summed E-state index contributed by atoms with van der Waals surface area (Å²) in [7, 11) is 0.0991. The molecule has 0 radical (unpaired) electrons. The number of carbonyl (C=O) groups is 2. The molecule has 0 spiro atoms. The van der Waals surface area contributed by atoms with Gasteiger partial charge in [0.05, 0.1) is 24.5 Å². The summed E-state index contributed by atoms with van der Waals surface area (Å²) in [6.07, 6.45) is 11.7. The number of amides is 2. The van der Waals surface area contributed by atoms with Gasteiger partial charge in [-0.1, -0.05) is 25.3 Å². The van der Waals surface area contributed by atoms with E-state index < -0.39 is 21.3 Å². The molecule has 246 valence electrons. The first-order valence-corrected chi connectivity index (χ1v) is 18.8. The predicted molar refractivity (Wildman–Crippen MR) is 179 cm³/mol. The second kappa shape index (κ2) is 12.0. The van der Waals surface area contributed by atoms with E-state index in [9.17, 15) is 18.0 Å². The van der Waals surface area contributed by atoms with Gasteiger partial charge in [-0.05, 0) is 105 Å². The summed E-state index contributed by atoms with van der Waals surface area (Å²) in [6.45, 7) is 2.37. The molecular formula is C36H46N4O5S. The van der Waals surface area contributed by atoms with Crippen molar-refractivity contribution in [1.82, 2.24) is 19.1 Å². The zero-order valence-corrected chi connectivity index (χ0v) is 28.1. The Labute approximate surface area is 272 Å². The van der Waals surface area contributed by atoms with Crippen LogP contribution in [0.2, 0.25) is 0 Å². The Morgan fingerprint density at radius 3 is 2.22 bits per heavy atom. The van der Waals surface area contributed by atoms with Crippen LogP contribution in [0.4, 0.5) is 0 Å². The van der Waals surface area contributed by atoms with Crippen molar-refractivity contribution in [2.24, 2.45) is 5.41 Å².